The predicted octanol–water partition coefficient (Wildman–Crippen LogP) is 1.79. The third-order valence-electron chi connectivity index (χ3n) is 2.87. The first-order valence-electron chi connectivity index (χ1n) is 5.71. The lowest BCUT2D eigenvalue weighted by Gasteiger charge is -2.11. The minimum Gasteiger partial charge on any atom is -0.373 e. The fourth-order valence-corrected chi connectivity index (χ4v) is 1.86. The molecule has 0 saturated carbocycles. The molecule has 0 aliphatic heterocycles. The fraction of sp³-hybridized carbons (Fsp3) is 0.417. The van der Waals surface area contributed by atoms with Crippen molar-refractivity contribution in [2.24, 2.45) is 7.05 Å². The van der Waals surface area contributed by atoms with Gasteiger partial charge in [-0.1, -0.05) is 6.92 Å². The zero-order valence-corrected chi connectivity index (χ0v) is 10.7. The monoisotopic (exact) mass is 231 g/mol. The van der Waals surface area contributed by atoms with E-state index in [0.29, 0.717) is 0 Å². The molecule has 0 atom stereocenters. The van der Waals surface area contributed by atoms with Crippen LogP contribution in [-0.4, -0.2) is 26.8 Å². The van der Waals surface area contributed by atoms with Gasteiger partial charge in [-0.05, 0) is 19.4 Å². The van der Waals surface area contributed by atoms with E-state index in [1.807, 2.05) is 27.1 Å². The number of nitrogens with one attached hydrogen (secondary N) is 1. The van der Waals surface area contributed by atoms with Gasteiger partial charge in [-0.2, -0.15) is 5.10 Å². The van der Waals surface area contributed by atoms with Crippen molar-refractivity contribution in [2.75, 3.05) is 12.4 Å². The van der Waals surface area contributed by atoms with Crippen molar-refractivity contribution in [3.8, 4) is 11.5 Å². The van der Waals surface area contributed by atoms with Crippen LogP contribution in [-0.2, 0) is 13.5 Å². The molecule has 0 bridgehead atoms. The number of anilines is 1. The van der Waals surface area contributed by atoms with Gasteiger partial charge in [0.2, 0.25) is 0 Å². The smallest absolute Gasteiger partial charge is 0.180 e. The molecule has 0 unspecified atom stereocenters. The molecule has 5 nitrogen and oxygen atoms in total. The quantitative estimate of drug-likeness (QED) is 0.875. The Kier molecular flexibility index (Phi) is 3.08. The van der Waals surface area contributed by atoms with E-state index in [1.165, 1.54) is 0 Å². The number of hydrogen-bond acceptors (Lipinski definition) is 4. The maximum absolute atomic E-state index is 4.59. The molecular formula is C12H17N5. The Bertz CT molecular complexity index is 504. The van der Waals surface area contributed by atoms with E-state index in [9.17, 15) is 0 Å². The highest BCUT2D eigenvalue weighted by atomic mass is 15.3. The van der Waals surface area contributed by atoms with E-state index in [2.05, 4.69) is 27.3 Å². The lowest BCUT2D eigenvalue weighted by Crippen LogP contribution is -2.06. The van der Waals surface area contributed by atoms with Gasteiger partial charge < -0.3 is 5.32 Å². The third-order valence-corrected chi connectivity index (χ3v) is 2.87. The van der Waals surface area contributed by atoms with Gasteiger partial charge in [0.25, 0.3) is 0 Å². The van der Waals surface area contributed by atoms with Gasteiger partial charge in [-0.3, -0.25) is 4.68 Å². The molecule has 0 aliphatic carbocycles. The molecule has 1 N–H and O–H groups in total. The highest BCUT2D eigenvalue weighted by molar-refractivity contribution is 5.56. The molecule has 0 spiro atoms. The van der Waals surface area contributed by atoms with Crippen molar-refractivity contribution < 1.29 is 0 Å². The molecule has 2 aromatic rings. The van der Waals surface area contributed by atoms with Crippen molar-refractivity contribution in [1.82, 2.24) is 19.7 Å². The minimum atomic E-state index is 0.719. The molecule has 17 heavy (non-hydrogen) atoms. The highest BCUT2D eigenvalue weighted by Gasteiger charge is 2.12. The first kappa shape index (κ1) is 11.6. The summed E-state index contributed by atoms with van der Waals surface area (Å²) < 4.78 is 1.78. The summed E-state index contributed by atoms with van der Waals surface area (Å²) in [6, 6.07) is 1.92. The normalized spacial score (nSPS) is 10.6. The van der Waals surface area contributed by atoms with Crippen LogP contribution in [0.3, 0.4) is 0 Å². The standard InChI is InChI=1S/C12H17N5/c1-5-9-8(2)11(13-3)16-12(15-9)10-6-7-14-17(10)4/h6-7H,5H2,1-4H3,(H,13,15,16). The molecule has 0 saturated heterocycles. The Morgan fingerprint density at radius 2 is 2.12 bits per heavy atom. The minimum absolute atomic E-state index is 0.719. The van der Waals surface area contributed by atoms with Gasteiger partial charge in [0.05, 0.1) is 0 Å². The van der Waals surface area contributed by atoms with E-state index in [1.54, 1.807) is 10.9 Å². The van der Waals surface area contributed by atoms with Crippen LogP contribution in [0.1, 0.15) is 18.2 Å². The number of rotatable bonds is 3. The van der Waals surface area contributed by atoms with Gasteiger partial charge in [0.1, 0.15) is 11.5 Å². The van der Waals surface area contributed by atoms with Crippen LogP contribution in [0.15, 0.2) is 12.3 Å². The summed E-state index contributed by atoms with van der Waals surface area (Å²) in [6.07, 6.45) is 2.65. The summed E-state index contributed by atoms with van der Waals surface area (Å²) >= 11 is 0. The van der Waals surface area contributed by atoms with Crippen molar-refractivity contribution >= 4 is 5.82 Å². The van der Waals surface area contributed by atoms with Crippen LogP contribution >= 0.6 is 0 Å². The van der Waals surface area contributed by atoms with Crippen molar-refractivity contribution in [3.05, 3.63) is 23.5 Å². The van der Waals surface area contributed by atoms with Crippen LogP contribution in [0.2, 0.25) is 0 Å². The number of nitrogens with zero attached hydrogens (tertiary/aromatic N) is 4. The second kappa shape index (κ2) is 4.53. The number of hydrogen-bond donors (Lipinski definition) is 1. The second-order valence-corrected chi connectivity index (χ2v) is 3.91. The van der Waals surface area contributed by atoms with Gasteiger partial charge in [0.15, 0.2) is 5.82 Å². The zero-order valence-electron chi connectivity index (χ0n) is 10.7. The van der Waals surface area contributed by atoms with Crippen LogP contribution in [0.5, 0.6) is 0 Å². The molecule has 0 radical (unpaired) electrons. The van der Waals surface area contributed by atoms with Gasteiger partial charge >= 0.3 is 0 Å². The molecule has 2 aromatic heterocycles. The summed E-state index contributed by atoms with van der Waals surface area (Å²) in [7, 11) is 3.77. The second-order valence-electron chi connectivity index (χ2n) is 3.91. The lowest BCUT2D eigenvalue weighted by molar-refractivity contribution is 0.768. The van der Waals surface area contributed by atoms with E-state index in [4.69, 9.17) is 0 Å². The molecule has 90 valence electrons. The average molecular weight is 231 g/mol. The van der Waals surface area contributed by atoms with Crippen molar-refractivity contribution in [3.63, 3.8) is 0 Å². The highest BCUT2D eigenvalue weighted by Crippen LogP contribution is 2.21. The Labute approximate surface area is 101 Å². The van der Waals surface area contributed by atoms with E-state index < -0.39 is 0 Å². The third kappa shape index (κ3) is 2.00. The Balaban J connectivity index is 2.60. The first-order chi connectivity index (χ1) is 8.17. The van der Waals surface area contributed by atoms with Crippen LogP contribution in [0.25, 0.3) is 11.5 Å². The van der Waals surface area contributed by atoms with Gasteiger partial charge in [-0.15, -0.1) is 0 Å². The Morgan fingerprint density at radius 1 is 1.35 bits per heavy atom. The SMILES string of the molecule is CCc1nc(-c2ccnn2C)nc(NC)c1C. The fourth-order valence-electron chi connectivity index (χ4n) is 1.86. The van der Waals surface area contributed by atoms with Crippen LogP contribution < -0.4 is 5.32 Å². The number of aryl methyl sites for hydroxylation is 2. The Morgan fingerprint density at radius 3 is 2.65 bits per heavy atom. The van der Waals surface area contributed by atoms with E-state index in [-0.39, 0.29) is 0 Å². The van der Waals surface area contributed by atoms with E-state index in [0.717, 1.165) is 35.0 Å². The lowest BCUT2D eigenvalue weighted by atomic mass is 10.2. The summed E-state index contributed by atoms with van der Waals surface area (Å²) in [5, 5.41) is 7.25. The van der Waals surface area contributed by atoms with Crippen LogP contribution in [0.4, 0.5) is 5.82 Å². The summed E-state index contributed by atoms with van der Waals surface area (Å²) in [4.78, 5) is 9.11. The largest absolute Gasteiger partial charge is 0.373 e. The Hall–Kier alpha value is -1.91. The average Bonchev–Trinajstić information content (AvgIpc) is 2.76. The van der Waals surface area contributed by atoms with Gasteiger partial charge in [-0.25, -0.2) is 9.97 Å². The summed E-state index contributed by atoms with van der Waals surface area (Å²) in [6.45, 7) is 4.14. The topological polar surface area (TPSA) is 55.6 Å². The molecule has 0 amide bonds. The zero-order chi connectivity index (χ0) is 12.4. The van der Waals surface area contributed by atoms with E-state index >= 15 is 0 Å². The van der Waals surface area contributed by atoms with Crippen LogP contribution in [0, 0.1) is 6.92 Å². The predicted molar refractivity (Wildman–Crippen MR) is 67.9 cm³/mol. The van der Waals surface area contributed by atoms with Gasteiger partial charge in [0, 0.05) is 31.5 Å². The summed E-state index contributed by atoms with van der Waals surface area (Å²) in [5.74, 6) is 1.60. The first-order valence-corrected chi connectivity index (χ1v) is 5.71. The molecule has 5 heteroatoms. The maximum atomic E-state index is 4.59. The number of aromatic nitrogens is 4. The molecule has 2 heterocycles. The summed E-state index contributed by atoms with van der Waals surface area (Å²) in [5.41, 5.74) is 3.11. The molecule has 0 aliphatic rings. The maximum Gasteiger partial charge on any atom is 0.180 e. The molecule has 0 aromatic carbocycles. The molecule has 0 fully saturated rings. The van der Waals surface area contributed by atoms with Crippen molar-refractivity contribution in [2.45, 2.75) is 20.3 Å². The molecule has 2 rings (SSSR count). The van der Waals surface area contributed by atoms with Crippen molar-refractivity contribution in [1.29, 1.82) is 0 Å². The molecular weight excluding hydrogens is 214 g/mol.